The number of aliphatic imine (C=N–C) groups is 1. The van der Waals surface area contributed by atoms with Crippen LogP contribution >= 0.6 is 0 Å². The SMILES string of the molecule is NC1=NC(=O)NC2C=CC=C(/C=C/CO)C12. The first-order valence-electron chi connectivity index (χ1n) is 5.02. The summed E-state index contributed by atoms with van der Waals surface area (Å²) >= 11 is 0. The van der Waals surface area contributed by atoms with Gasteiger partial charge in [-0.25, -0.2) is 4.79 Å². The van der Waals surface area contributed by atoms with Crippen LogP contribution in [-0.2, 0) is 0 Å². The highest BCUT2D eigenvalue weighted by Gasteiger charge is 2.32. The molecule has 2 rings (SSSR count). The van der Waals surface area contributed by atoms with Crippen molar-refractivity contribution in [3.05, 3.63) is 36.0 Å². The average Bonchev–Trinajstić information content (AvgIpc) is 2.25. The smallest absolute Gasteiger partial charge is 0.343 e. The molecule has 2 unspecified atom stereocenters. The summed E-state index contributed by atoms with van der Waals surface area (Å²) in [6.45, 7) is -0.0259. The molecule has 0 saturated carbocycles. The molecular formula is C11H13N3O2. The number of hydrogen-bond acceptors (Lipinski definition) is 3. The molecule has 2 aliphatic rings. The molecule has 0 aromatic rings. The van der Waals surface area contributed by atoms with Gasteiger partial charge in [-0.2, -0.15) is 4.99 Å². The predicted octanol–water partition coefficient (Wildman–Crippen LogP) is 0.0963. The van der Waals surface area contributed by atoms with E-state index in [9.17, 15) is 4.79 Å². The average molecular weight is 219 g/mol. The summed E-state index contributed by atoms with van der Waals surface area (Å²) in [5.74, 6) is 0.178. The van der Waals surface area contributed by atoms with E-state index in [1.165, 1.54) is 0 Å². The van der Waals surface area contributed by atoms with E-state index < -0.39 is 6.03 Å². The van der Waals surface area contributed by atoms with E-state index in [-0.39, 0.29) is 18.6 Å². The third-order valence-electron chi connectivity index (χ3n) is 2.58. The third kappa shape index (κ3) is 1.90. The monoisotopic (exact) mass is 219 g/mol. The Hall–Kier alpha value is -1.88. The lowest BCUT2D eigenvalue weighted by atomic mass is 9.85. The Morgan fingerprint density at radius 3 is 3.19 bits per heavy atom. The number of amides is 2. The normalized spacial score (nSPS) is 28.4. The van der Waals surface area contributed by atoms with Crippen molar-refractivity contribution in [2.24, 2.45) is 16.6 Å². The Bertz CT molecular complexity index is 421. The number of hydrogen-bond donors (Lipinski definition) is 3. The van der Waals surface area contributed by atoms with Crippen molar-refractivity contribution in [3.63, 3.8) is 0 Å². The Labute approximate surface area is 93.0 Å². The van der Waals surface area contributed by atoms with Crippen LogP contribution in [0, 0.1) is 5.92 Å². The van der Waals surface area contributed by atoms with Crippen LogP contribution in [0.25, 0.3) is 0 Å². The first-order valence-corrected chi connectivity index (χ1v) is 5.02. The number of aliphatic hydroxyl groups excluding tert-OH is 1. The first-order chi connectivity index (χ1) is 7.72. The number of allylic oxidation sites excluding steroid dienone is 3. The fourth-order valence-electron chi connectivity index (χ4n) is 1.90. The number of nitrogens with one attached hydrogen (secondary N) is 1. The summed E-state index contributed by atoms with van der Waals surface area (Å²) in [6, 6.07) is -0.552. The van der Waals surface area contributed by atoms with Crippen LogP contribution in [0.2, 0.25) is 0 Å². The van der Waals surface area contributed by atoms with E-state index >= 15 is 0 Å². The Kier molecular flexibility index (Phi) is 2.87. The standard InChI is InChI=1S/C11H13N3O2/c12-10-9-7(4-2-6-15)3-1-5-8(9)13-11(16)14-10/h1-5,8-9,15H,6H2,(H3,12,13,14,16)/b4-2+. The molecule has 0 bridgehead atoms. The lowest BCUT2D eigenvalue weighted by Crippen LogP contribution is -2.49. The van der Waals surface area contributed by atoms with Crippen LogP contribution in [0.15, 0.2) is 40.9 Å². The van der Waals surface area contributed by atoms with Crippen molar-refractivity contribution >= 4 is 11.9 Å². The summed E-state index contributed by atoms with van der Waals surface area (Å²) < 4.78 is 0. The van der Waals surface area contributed by atoms with Gasteiger partial charge >= 0.3 is 6.03 Å². The molecule has 16 heavy (non-hydrogen) atoms. The van der Waals surface area contributed by atoms with Crippen LogP contribution in [0.4, 0.5) is 4.79 Å². The van der Waals surface area contributed by atoms with Gasteiger partial charge in [-0.15, -0.1) is 0 Å². The molecule has 0 aromatic carbocycles. The van der Waals surface area contributed by atoms with Crippen LogP contribution in [0.1, 0.15) is 0 Å². The molecular weight excluding hydrogens is 206 g/mol. The Balaban J connectivity index is 2.31. The van der Waals surface area contributed by atoms with Gasteiger partial charge < -0.3 is 16.2 Å². The molecule has 1 aliphatic heterocycles. The van der Waals surface area contributed by atoms with E-state index in [0.717, 1.165) is 5.57 Å². The molecule has 84 valence electrons. The van der Waals surface area contributed by atoms with E-state index in [4.69, 9.17) is 10.8 Å². The van der Waals surface area contributed by atoms with Gasteiger partial charge in [0.1, 0.15) is 5.84 Å². The quantitative estimate of drug-likeness (QED) is 0.615. The highest BCUT2D eigenvalue weighted by Crippen LogP contribution is 2.24. The number of carbonyl (C=O) groups is 1. The van der Waals surface area contributed by atoms with E-state index in [1.807, 2.05) is 18.2 Å². The van der Waals surface area contributed by atoms with Crippen LogP contribution in [-0.4, -0.2) is 29.6 Å². The molecule has 1 aliphatic carbocycles. The molecule has 2 amide bonds. The van der Waals surface area contributed by atoms with Gasteiger partial charge in [0, 0.05) is 0 Å². The number of nitrogens with two attached hydrogens (primary N) is 1. The lowest BCUT2D eigenvalue weighted by molar-refractivity contribution is 0.244. The van der Waals surface area contributed by atoms with Crippen molar-refractivity contribution < 1.29 is 9.90 Å². The summed E-state index contributed by atoms with van der Waals surface area (Å²) in [5.41, 5.74) is 6.69. The number of nitrogens with zero attached hydrogens (tertiary/aromatic N) is 1. The predicted molar refractivity (Wildman–Crippen MR) is 60.9 cm³/mol. The fourth-order valence-corrected chi connectivity index (χ4v) is 1.90. The minimum absolute atomic E-state index is 0.0259. The van der Waals surface area contributed by atoms with Gasteiger partial charge in [0.15, 0.2) is 0 Å². The van der Waals surface area contributed by atoms with Gasteiger partial charge in [-0.05, 0) is 5.57 Å². The summed E-state index contributed by atoms with van der Waals surface area (Å²) in [6.07, 6.45) is 9.05. The van der Waals surface area contributed by atoms with Gasteiger partial charge in [0.25, 0.3) is 0 Å². The first kappa shape index (κ1) is 10.6. The Morgan fingerprint density at radius 2 is 2.44 bits per heavy atom. The molecule has 1 heterocycles. The number of fused-ring (bicyclic) bond motifs is 1. The summed E-state index contributed by atoms with van der Waals surface area (Å²) in [4.78, 5) is 14.9. The zero-order valence-corrected chi connectivity index (χ0v) is 8.63. The maximum Gasteiger partial charge on any atom is 0.343 e. The van der Waals surface area contributed by atoms with Gasteiger partial charge in [0.2, 0.25) is 0 Å². The molecule has 5 nitrogen and oxygen atoms in total. The van der Waals surface area contributed by atoms with Crippen molar-refractivity contribution in [2.75, 3.05) is 6.61 Å². The topological polar surface area (TPSA) is 87.7 Å². The van der Waals surface area contributed by atoms with Crippen molar-refractivity contribution in [1.29, 1.82) is 0 Å². The second-order valence-corrected chi connectivity index (χ2v) is 3.63. The summed E-state index contributed by atoms with van der Waals surface area (Å²) in [7, 11) is 0. The van der Waals surface area contributed by atoms with Crippen LogP contribution < -0.4 is 11.1 Å². The highest BCUT2D eigenvalue weighted by molar-refractivity contribution is 5.99. The second-order valence-electron chi connectivity index (χ2n) is 3.63. The molecule has 0 saturated heterocycles. The maximum absolute atomic E-state index is 11.2. The molecule has 0 spiro atoms. The number of urea groups is 1. The van der Waals surface area contributed by atoms with Crippen LogP contribution in [0.5, 0.6) is 0 Å². The third-order valence-corrected chi connectivity index (χ3v) is 2.58. The summed E-state index contributed by atoms with van der Waals surface area (Å²) in [5, 5.41) is 11.5. The fraction of sp³-hybridized carbons (Fsp3) is 0.273. The lowest BCUT2D eigenvalue weighted by Gasteiger charge is -2.31. The minimum Gasteiger partial charge on any atom is -0.392 e. The molecule has 0 radical (unpaired) electrons. The molecule has 0 fully saturated rings. The largest absolute Gasteiger partial charge is 0.392 e. The van der Waals surface area contributed by atoms with Crippen LogP contribution in [0.3, 0.4) is 0 Å². The number of amidine groups is 1. The zero-order chi connectivity index (χ0) is 11.5. The molecule has 4 N–H and O–H groups in total. The van der Waals surface area contributed by atoms with Crippen molar-refractivity contribution in [3.8, 4) is 0 Å². The van der Waals surface area contributed by atoms with E-state index in [1.54, 1.807) is 12.2 Å². The van der Waals surface area contributed by atoms with Crippen molar-refractivity contribution in [1.82, 2.24) is 5.32 Å². The molecule has 0 aromatic heterocycles. The van der Waals surface area contributed by atoms with E-state index in [0.29, 0.717) is 5.84 Å². The zero-order valence-electron chi connectivity index (χ0n) is 8.63. The van der Waals surface area contributed by atoms with E-state index in [2.05, 4.69) is 10.3 Å². The highest BCUT2D eigenvalue weighted by atomic mass is 16.2. The van der Waals surface area contributed by atoms with Gasteiger partial charge in [0.05, 0.1) is 18.6 Å². The molecule has 5 heteroatoms. The number of aliphatic hydroxyl groups is 1. The second kappa shape index (κ2) is 4.32. The number of carbonyl (C=O) groups excluding carboxylic acids is 1. The van der Waals surface area contributed by atoms with Gasteiger partial charge in [-0.3, -0.25) is 0 Å². The maximum atomic E-state index is 11.2. The number of rotatable bonds is 2. The minimum atomic E-state index is -0.407. The van der Waals surface area contributed by atoms with Crippen molar-refractivity contribution in [2.45, 2.75) is 6.04 Å². The molecule has 2 atom stereocenters. The van der Waals surface area contributed by atoms with Gasteiger partial charge in [-0.1, -0.05) is 30.4 Å². The Morgan fingerprint density at radius 1 is 1.62 bits per heavy atom.